The Labute approximate surface area is 112 Å². The van der Waals surface area contributed by atoms with Gasteiger partial charge in [-0.3, -0.25) is 0 Å². The smallest absolute Gasteiger partial charge is 0.266 e. The van der Waals surface area contributed by atoms with Gasteiger partial charge in [0, 0.05) is 31.7 Å². The predicted molar refractivity (Wildman–Crippen MR) is 73.8 cm³/mol. The molecule has 0 radical (unpaired) electrons. The number of nitrogens with one attached hydrogen (secondary N) is 1. The van der Waals surface area contributed by atoms with Gasteiger partial charge in [-0.2, -0.15) is 4.98 Å². The zero-order chi connectivity index (χ0) is 13.2. The van der Waals surface area contributed by atoms with Crippen LogP contribution in [0.3, 0.4) is 0 Å². The molecule has 2 aromatic rings. The fourth-order valence-corrected chi connectivity index (χ4v) is 2.40. The average molecular weight is 258 g/mol. The van der Waals surface area contributed by atoms with E-state index in [9.17, 15) is 0 Å². The number of fused-ring (bicyclic) bond motifs is 1. The third kappa shape index (κ3) is 2.21. The molecule has 2 heterocycles. The highest BCUT2D eigenvalue weighted by Gasteiger charge is 2.16. The van der Waals surface area contributed by atoms with E-state index in [4.69, 9.17) is 4.52 Å². The molecule has 0 spiro atoms. The lowest BCUT2D eigenvalue weighted by atomic mass is 10.1. The Morgan fingerprint density at radius 3 is 2.79 bits per heavy atom. The average Bonchev–Trinajstić information content (AvgIpc) is 3.08. The largest absolute Gasteiger partial charge is 0.339 e. The van der Waals surface area contributed by atoms with Gasteiger partial charge in [-0.25, -0.2) is 0 Å². The number of rotatable bonds is 4. The molecule has 3 rings (SSSR count). The van der Waals surface area contributed by atoms with Gasteiger partial charge in [0.25, 0.3) is 11.8 Å². The summed E-state index contributed by atoms with van der Waals surface area (Å²) in [7, 11) is 0. The second-order valence-electron chi connectivity index (χ2n) is 4.66. The molecule has 1 aliphatic rings. The van der Waals surface area contributed by atoms with Crippen LogP contribution >= 0.6 is 0 Å². The molecule has 1 aromatic carbocycles. The van der Waals surface area contributed by atoms with Crippen molar-refractivity contribution in [3.8, 4) is 11.5 Å². The predicted octanol–water partition coefficient (Wildman–Crippen LogP) is 2.19. The van der Waals surface area contributed by atoms with Crippen LogP contribution in [-0.4, -0.2) is 23.2 Å². The summed E-state index contributed by atoms with van der Waals surface area (Å²) in [4.78, 5) is 6.55. The monoisotopic (exact) mass is 258 g/mol. The molecule has 5 nitrogen and oxygen atoms in total. The molecule has 1 N–H and O–H groups in total. The minimum absolute atomic E-state index is 0.594. The zero-order valence-corrected chi connectivity index (χ0v) is 11.3. The summed E-state index contributed by atoms with van der Waals surface area (Å²) in [6.07, 6.45) is 0. The van der Waals surface area contributed by atoms with E-state index in [2.05, 4.69) is 46.3 Å². The quantitative estimate of drug-likeness (QED) is 0.911. The second kappa shape index (κ2) is 5.01. The summed E-state index contributed by atoms with van der Waals surface area (Å²) < 4.78 is 5.37. The Balaban J connectivity index is 1.90. The number of aromatic nitrogens is 2. The second-order valence-corrected chi connectivity index (χ2v) is 4.66. The highest BCUT2D eigenvalue weighted by atomic mass is 16.5. The van der Waals surface area contributed by atoms with E-state index in [1.165, 1.54) is 11.1 Å². The molecule has 5 heteroatoms. The first kappa shape index (κ1) is 12.2. The van der Waals surface area contributed by atoms with Crippen molar-refractivity contribution in [2.24, 2.45) is 0 Å². The standard InChI is InChI=1S/C14H18N4O/c1-3-18(4-2)14-16-13(19-17-14)10-5-6-11-8-15-9-12(11)7-10/h5-7,15H,3-4,8-9H2,1-2H3. The molecule has 0 unspecified atom stereocenters. The van der Waals surface area contributed by atoms with Crippen molar-refractivity contribution in [3.63, 3.8) is 0 Å². The van der Waals surface area contributed by atoms with E-state index in [1.807, 2.05) is 6.07 Å². The molecule has 0 saturated heterocycles. The highest BCUT2D eigenvalue weighted by molar-refractivity contribution is 5.57. The van der Waals surface area contributed by atoms with Crippen LogP contribution in [0.1, 0.15) is 25.0 Å². The lowest BCUT2D eigenvalue weighted by Crippen LogP contribution is -2.22. The Bertz CT molecular complexity index is 575. The van der Waals surface area contributed by atoms with Gasteiger partial charge in [-0.05, 0) is 42.3 Å². The van der Waals surface area contributed by atoms with Gasteiger partial charge in [0.1, 0.15) is 0 Å². The van der Waals surface area contributed by atoms with Gasteiger partial charge in [0.15, 0.2) is 0 Å². The normalized spacial score (nSPS) is 13.6. The van der Waals surface area contributed by atoms with E-state index in [0.717, 1.165) is 31.7 Å². The van der Waals surface area contributed by atoms with Crippen molar-refractivity contribution >= 4 is 5.95 Å². The van der Waals surface area contributed by atoms with Gasteiger partial charge in [0.2, 0.25) is 0 Å². The summed E-state index contributed by atoms with van der Waals surface area (Å²) in [5.74, 6) is 1.26. The minimum Gasteiger partial charge on any atom is -0.339 e. The van der Waals surface area contributed by atoms with E-state index in [0.29, 0.717) is 11.8 Å². The van der Waals surface area contributed by atoms with E-state index >= 15 is 0 Å². The van der Waals surface area contributed by atoms with Crippen molar-refractivity contribution in [1.29, 1.82) is 0 Å². The molecule has 19 heavy (non-hydrogen) atoms. The molecule has 0 bridgehead atoms. The Kier molecular flexibility index (Phi) is 3.21. The molecule has 0 atom stereocenters. The van der Waals surface area contributed by atoms with Crippen LogP contribution in [0.25, 0.3) is 11.5 Å². The molecule has 0 amide bonds. The van der Waals surface area contributed by atoms with Crippen molar-refractivity contribution in [1.82, 2.24) is 15.5 Å². The number of benzene rings is 1. The van der Waals surface area contributed by atoms with E-state index < -0.39 is 0 Å². The minimum atomic E-state index is 0.594. The van der Waals surface area contributed by atoms with Gasteiger partial charge in [-0.1, -0.05) is 6.07 Å². The first-order valence-electron chi connectivity index (χ1n) is 6.73. The van der Waals surface area contributed by atoms with E-state index in [1.54, 1.807) is 0 Å². The number of hydrogen-bond donors (Lipinski definition) is 1. The molecule has 0 aliphatic carbocycles. The fourth-order valence-electron chi connectivity index (χ4n) is 2.40. The number of anilines is 1. The first-order valence-corrected chi connectivity index (χ1v) is 6.73. The Hall–Kier alpha value is -1.88. The maximum Gasteiger partial charge on any atom is 0.266 e. The van der Waals surface area contributed by atoms with Gasteiger partial charge in [0.05, 0.1) is 0 Å². The summed E-state index contributed by atoms with van der Waals surface area (Å²) in [5.41, 5.74) is 3.67. The summed E-state index contributed by atoms with van der Waals surface area (Å²) in [5, 5.41) is 7.39. The molecule has 1 aliphatic heterocycles. The van der Waals surface area contributed by atoms with Crippen molar-refractivity contribution in [3.05, 3.63) is 29.3 Å². The maximum atomic E-state index is 5.37. The van der Waals surface area contributed by atoms with Crippen LogP contribution < -0.4 is 10.2 Å². The summed E-state index contributed by atoms with van der Waals surface area (Å²) >= 11 is 0. The Morgan fingerprint density at radius 1 is 1.21 bits per heavy atom. The molecular weight excluding hydrogens is 240 g/mol. The van der Waals surface area contributed by atoms with Crippen LogP contribution in [0.2, 0.25) is 0 Å². The number of nitrogens with zero attached hydrogens (tertiary/aromatic N) is 3. The van der Waals surface area contributed by atoms with Crippen LogP contribution in [0, 0.1) is 0 Å². The molecular formula is C14H18N4O. The van der Waals surface area contributed by atoms with E-state index in [-0.39, 0.29) is 0 Å². The number of hydrogen-bond acceptors (Lipinski definition) is 5. The zero-order valence-electron chi connectivity index (χ0n) is 11.3. The fraction of sp³-hybridized carbons (Fsp3) is 0.429. The summed E-state index contributed by atoms with van der Waals surface area (Å²) in [6, 6.07) is 6.31. The lowest BCUT2D eigenvalue weighted by molar-refractivity contribution is 0.429. The Morgan fingerprint density at radius 2 is 2.00 bits per heavy atom. The lowest BCUT2D eigenvalue weighted by Gasteiger charge is -2.14. The van der Waals surface area contributed by atoms with Crippen LogP contribution in [0.15, 0.2) is 22.7 Å². The van der Waals surface area contributed by atoms with Crippen LogP contribution in [-0.2, 0) is 13.1 Å². The van der Waals surface area contributed by atoms with Gasteiger partial charge < -0.3 is 14.7 Å². The van der Waals surface area contributed by atoms with Crippen LogP contribution in [0.5, 0.6) is 0 Å². The summed E-state index contributed by atoms with van der Waals surface area (Å²) in [6.45, 7) is 7.79. The molecule has 0 fully saturated rings. The third-order valence-corrected chi connectivity index (χ3v) is 3.55. The maximum absolute atomic E-state index is 5.37. The van der Waals surface area contributed by atoms with Crippen molar-refractivity contribution in [2.75, 3.05) is 18.0 Å². The van der Waals surface area contributed by atoms with Crippen molar-refractivity contribution < 1.29 is 4.52 Å². The van der Waals surface area contributed by atoms with Gasteiger partial charge in [-0.15, -0.1) is 0 Å². The SMILES string of the molecule is CCN(CC)c1noc(-c2ccc3c(c2)CNC3)n1. The molecule has 1 aromatic heterocycles. The molecule has 0 saturated carbocycles. The first-order chi connectivity index (χ1) is 9.31. The van der Waals surface area contributed by atoms with Crippen LogP contribution in [0.4, 0.5) is 5.95 Å². The van der Waals surface area contributed by atoms with Gasteiger partial charge >= 0.3 is 0 Å². The third-order valence-electron chi connectivity index (χ3n) is 3.55. The van der Waals surface area contributed by atoms with Crippen molar-refractivity contribution in [2.45, 2.75) is 26.9 Å². The highest BCUT2D eigenvalue weighted by Crippen LogP contribution is 2.25. The topological polar surface area (TPSA) is 54.2 Å². The molecule has 100 valence electrons.